The van der Waals surface area contributed by atoms with Gasteiger partial charge in [-0.05, 0) is 30.7 Å². The number of nitrogens with two attached hydrogens (primary N) is 1. The quantitative estimate of drug-likeness (QED) is 0.633. The second-order valence-corrected chi connectivity index (χ2v) is 6.09. The van der Waals surface area contributed by atoms with E-state index in [0.29, 0.717) is 24.5 Å². The van der Waals surface area contributed by atoms with Gasteiger partial charge < -0.3 is 15.5 Å². The van der Waals surface area contributed by atoms with Gasteiger partial charge in [-0.15, -0.1) is 0 Å². The molecule has 2 aliphatic rings. The molecule has 1 atom stereocenters. The molecule has 0 bridgehead atoms. The number of amides is 3. The van der Waals surface area contributed by atoms with Crippen LogP contribution in [0.5, 0.6) is 0 Å². The lowest BCUT2D eigenvalue weighted by atomic mass is 9.96. The highest BCUT2D eigenvalue weighted by Gasteiger charge is 2.56. The SMILES string of the molecule is CN(C)C(=N)c1ccc(N2C[C@@]3(C(N)=O)[CH]CCN3C2=O)cc1. The summed E-state index contributed by atoms with van der Waals surface area (Å²) >= 11 is 0. The monoisotopic (exact) mass is 314 g/mol. The molecule has 23 heavy (non-hydrogen) atoms. The van der Waals surface area contributed by atoms with E-state index in [2.05, 4.69) is 0 Å². The van der Waals surface area contributed by atoms with Gasteiger partial charge in [0.1, 0.15) is 11.4 Å². The van der Waals surface area contributed by atoms with E-state index in [-0.39, 0.29) is 12.6 Å². The zero-order valence-corrected chi connectivity index (χ0v) is 13.2. The fourth-order valence-electron chi connectivity index (χ4n) is 3.18. The number of carbonyl (C=O) groups is 2. The van der Waals surface area contributed by atoms with Crippen LogP contribution in [0.3, 0.4) is 0 Å². The molecule has 0 saturated carbocycles. The molecule has 1 aromatic rings. The maximum atomic E-state index is 12.6. The molecule has 1 aromatic carbocycles. The molecule has 2 saturated heterocycles. The number of carbonyl (C=O) groups excluding carboxylic acids is 2. The first-order chi connectivity index (χ1) is 10.9. The second kappa shape index (κ2) is 5.26. The first-order valence-electron chi connectivity index (χ1n) is 7.46. The molecule has 0 aliphatic carbocycles. The molecule has 0 aromatic heterocycles. The summed E-state index contributed by atoms with van der Waals surface area (Å²) in [4.78, 5) is 29.3. The highest BCUT2D eigenvalue weighted by Crippen LogP contribution is 2.37. The number of fused-ring (bicyclic) bond motifs is 1. The first-order valence-corrected chi connectivity index (χ1v) is 7.46. The Labute approximate surface area is 135 Å². The molecule has 7 nitrogen and oxygen atoms in total. The summed E-state index contributed by atoms with van der Waals surface area (Å²) in [6, 6.07) is 6.99. The molecule has 7 heteroatoms. The largest absolute Gasteiger partial charge is 0.368 e. The van der Waals surface area contributed by atoms with Crippen molar-refractivity contribution in [2.45, 2.75) is 12.0 Å². The summed E-state index contributed by atoms with van der Waals surface area (Å²) in [6.45, 7) is 0.757. The lowest BCUT2D eigenvalue weighted by molar-refractivity contribution is -0.124. The van der Waals surface area contributed by atoms with Gasteiger partial charge in [0.25, 0.3) is 0 Å². The van der Waals surface area contributed by atoms with E-state index in [1.165, 1.54) is 0 Å². The molecular formula is C16H20N5O2. The van der Waals surface area contributed by atoms with Crippen LogP contribution in [0.4, 0.5) is 10.5 Å². The Morgan fingerprint density at radius 2 is 1.96 bits per heavy atom. The second-order valence-electron chi connectivity index (χ2n) is 6.09. The number of rotatable bonds is 3. The van der Waals surface area contributed by atoms with Crippen molar-refractivity contribution in [2.75, 3.05) is 32.1 Å². The Bertz CT molecular complexity index is 670. The lowest BCUT2D eigenvalue weighted by Gasteiger charge is -2.25. The van der Waals surface area contributed by atoms with Crippen LogP contribution in [0.25, 0.3) is 0 Å². The molecule has 3 amide bonds. The average molecular weight is 314 g/mol. The fourth-order valence-corrected chi connectivity index (χ4v) is 3.18. The number of primary amides is 1. The van der Waals surface area contributed by atoms with E-state index in [0.717, 1.165) is 5.56 Å². The van der Waals surface area contributed by atoms with Crippen LogP contribution < -0.4 is 10.6 Å². The number of amidine groups is 1. The van der Waals surface area contributed by atoms with Gasteiger partial charge in [0, 0.05) is 38.3 Å². The highest BCUT2D eigenvalue weighted by atomic mass is 16.2. The molecule has 3 rings (SSSR count). The van der Waals surface area contributed by atoms with Crippen LogP contribution in [0, 0.1) is 11.8 Å². The van der Waals surface area contributed by atoms with Crippen molar-refractivity contribution in [1.82, 2.24) is 9.80 Å². The fraction of sp³-hybridized carbons (Fsp3) is 0.375. The Balaban J connectivity index is 1.87. The average Bonchev–Trinajstić information content (AvgIpc) is 3.07. The zero-order chi connectivity index (χ0) is 16.8. The Hall–Kier alpha value is -2.57. The molecule has 1 radical (unpaired) electrons. The minimum absolute atomic E-state index is 0.201. The van der Waals surface area contributed by atoms with Crippen LogP contribution in [-0.4, -0.2) is 60.3 Å². The predicted octanol–water partition coefficient (Wildman–Crippen LogP) is 0.648. The topological polar surface area (TPSA) is 93.7 Å². The lowest BCUT2D eigenvalue weighted by Crippen LogP contribution is -2.53. The molecule has 0 unspecified atom stereocenters. The Morgan fingerprint density at radius 3 is 2.48 bits per heavy atom. The maximum Gasteiger partial charge on any atom is 0.325 e. The summed E-state index contributed by atoms with van der Waals surface area (Å²) in [6.07, 6.45) is 2.52. The van der Waals surface area contributed by atoms with E-state index in [9.17, 15) is 9.59 Å². The number of nitrogens with one attached hydrogen (secondary N) is 1. The van der Waals surface area contributed by atoms with Crippen molar-refractivity contribution in [3.05, 3.63) is 36.2 Å². The molecule has 2 fully saturated rings. The molecule has 121 valence electrons. The van der Waals surface area contributed by atoms with Crippen molar-refractivity contribution in [1.29, 1.82) is 5.41 Å². The Kier molecular flexibility index (Phi) is 3.50. The van der Waals surface area contributed by atoms with Crippen molar-refractivity contribution in [2.24, 2.45) is 5.73 Å². The first kappa shape index (κ1) is 15.3. The minimum Gasteiger partial charge on any atom is -0.368 e. The number of benzene rings is 1. The number of anilines is 1. The van der Waals surface area contributed by atoms with Gasteiger partial charge in [-0.1, -0.05) is 0 Å². The van der Waals surface area contributed by atoms with Crippen molar-refractivity contribution >= 4 is 23.5 Å². The van der Waals surface area contributed by atoms with E-state index in [1.807, 2.05) is 6.42 Å². The summed E-state index contributed by atoms with van der Waals surface area (Å²) in [5.41, 5.74) is 6.02. The third-order valence-electron chi connectivity index (χ3n) is 4.50. The van der Waals surface area contributed by atoms with Gasteiger partial charge in [-0.25, -0.2) is 4.79 Å². The summed E-state index contributed by atoms with van der Waals surface area (Å²) in [7, 11) is 3.61. The number of urea groups is 1. The van der Waals surface area contributed by atoms with Gasteiger partial charge in [-0.3, -0.25) is 15.1 Å². The van der Waals surface area contributed by atoms with E-state index in [1.54, 1.807) is 53.1 Å². The van der Waals surface area contributed by atoms with Crippen LogP contribution in [0.15, 0.2) is 24.3 Å². The molecule has 2 aliphatic heterocycles. The third kappa shape index (κ3) is 2.23. The summed E-state index contributed by atoms with van der Waals surface area (Å²) in [5, 5.41) is 7.97. The van der Waals surface area contributed by atoms with E-state index in [4.69, 9.17) is 11.1 Å². The summed E-state index contributed by atoms with van der Waals surface area (Å²) < 4.78 is 0. The molecule has 2 heterocycles. The third-order valence-corrected chi connectivity index (χ3v) is 4.50. The maximum absolute atomic E-state index is 12.6. The number of hydrogen-bond acceptors (Lipinski definition) is 3. The zero-order valence-electron chi connectivity index (χ0n) is 13.2. The van der Waals surface area contributed by atoms with Crippen LogP contribution in [0.1, 0.15) is 12.0 Å². The van der Waals surface area contributed by atoms with Gasteiger partial charge in [0.05, 0.1) is 6.54 Å². The van der Waals surface area contributed by atoms with Crippen molar-refractivity contribution < 1.29 is 9.59 Å². The van der Waals surface area contributed by atoms with Crippen LogP contribution >= 0.6 is 0 Å². The van der Waals surface area contributed by atoms with E-state index >= 15 is 0 Å². The minimum atomic E-state index is -0.994. The molecule has 3 N–H and O–H groups in total. The normalized spacial score (nSPS) is 23.1. The van der Waals surface area contributed by atoms with E-state index < -0.39 is 11.4 Å². The van der Waals surface area contributed by atoms with Gasteiger partial charge in [-0.2, -0.15) is 0 Å². The van der Waals surface area contributed by atoms with Gasteiger partial charge in [0.2, 0.25) is 5.91 Å². The van der Waals surface area contributed by atoms with Crippen LogP contribution in [0.2, 0.25) is 0 Å². The van der Waals surface area contributed by atoms with Crippen molar-refractivity contribution in [3.63, 3.8) is 0 Å². The summed E-state index contributed by atoms with van der Waals surface area (Å²) in [5.74, 6) is -0.0938. The van der Waals surface area contributed by atoms with Crippen LogP contribution in [-0.2, 0) is 4.79 Å². The highest BCUT2D eigenvalue weighted by molar-refractivity contribution is 6.04. The standard InChI is InChI=1S/C16H20N5O2/c1-19(2)13(17)11-4-6-12(7-5-11)20-10-16(14(18)22)8-3-9-21(16)15(20)23/h4-8,17H,3,9-10H2,1-2H3,(H2,18,22)/t16-/m1/s1. The smallest absolute Gasteiger partial charge is 0.325 e. The number of nitrogens with zero attached hydrogens (tertiary/aromatic N) is 3. The number of hydrogen-bond donors (Lipinski definition) is 2. The molecule has 0 spiro atoms. The van der Waals surface area contributed by atoms with Crippen molar-refractivity contribution in [3.8, 4) is 0 Å². The molecular weight excluding hydrogens is 294 g/mol. The van der Waals surface area contributed by atoms with Gasteiger partial charge >= 0.3 is 6.03 Å². The predicted molar refractivity (Wildman–Crippen MR) is 87.2 cm³/mol. The Morgan fingerprint density at radius 1 is 1.30 bits per heavy atom. The van der Waals surface area contributed by atoms with Gasteiger partial charge in [0.15, 0.2) is 0 Å².